The number of piperidine rings is 1. The van der Waals surface area contributed by atoms with Crippen LogP contribution in [-0.4, -0.2) is 44.2 Å². The lowest BCUT2D eigenvalue weighted by molar-refractivity contribution is -0.120. The van der Waals surface area contributed by atoms with Crippen LogP contribution in [0.25, 0.3) is 0 Å². The van der Waals surface area contributed by atoms with Crippen LogP contribution in [0.5, 0.6) is 0 Å². The molecule has 1 saturated heterocycles. The average Bonchev–Trinajstić information content (AvgIpc) is 2.80. The molecule has 3 rings (SSSR count). The predicted octanol–water partition coefficient (Wildman–Crippen LogP) is 4.09. The predicted molar refractivity (Wildman–Crippen MR) is 131 cm³/mol. The molecule has 0 radical (unpaired) electrons. The number of para-hydroxylation sites is 1. The van der Waals surface area contributed by atoms with Gasteiger partial charge in [-0.15, -0.1) is 6.58 Å². The number of anilines is 1. The maximum atomic E-state index is 13.0. The van der Waals surface area contributed by atoms with Gasteiger partial charge in [0.1, 0.15) is 0 Å². The second-order valence-corrected chi connectivity index (χ2v) is 10.5. The molecule has 1 unspecified atom stereocenters. The summed E-state index contributed by atoms with van der Waals surface area (Å²) >= 11 is 11.9. The van der Waals surface area contributed by atoms with Crippen LogP contribution in [0.2, 0.25) is 10.0 Å². The highest BCUT2D eigenvalue weighted by Crippen LogP contribution is 2.27. The first-order valence-corrected chi connectivity index (χ1v) is 12.8. The average molecular weight is 510 g/mol. The van der Waals surface area contributed by atoms with Crippen molar-refractivity contribution in [2.24, 2.45) is 5.92 Å². The van der Waals surface area contributed by atoms with Crippen LogP contribution >= 0.6 is 23.2 Å². The lowest BCUT2D eigenvalue weighted by atomic mass is 9.98. The third-order valence-corrected chi connectivity index (χ3v) is 7.87. The van der Waals surface area contributed by atoms with E-state index < -0.39 is 15.9 Å². The van der Waals surface area contributed by atoms with Gasteiger partial charge in [-0.1, -0.05) is 47.5 Å². The summed E-state index contributed by atoms with van der Waals surface area (Å²) in [5.41, 5.74) is 1.22. The number of sulfonamides is 1. The van der Waals surface area contributed by atoms with Crippen LogP contribution in [0, 0.1) is 5.92 Å². The van der Waals surface area contributed by atoms with Gasteiger partial charge in [-0.25, -0.2) is 12.7 Å². The van der Waals surface area contributed by atoms with Gasteiger partial charge in [-0.2, -0.15) is 0 Å². The molecule has 0 aliphatic carbocycles. The maximum absolute atomic E-state index is 13.0. The summed E-state index contributed by atoms with van der Waals surface area (Å²) in [6.45, 7) is 4.28. The first kappa shape index (κ1) is 25.2. The van der Waals surface area contributed by atoms with Crippen molar-refractivity contribution in [3.8, 4) is 0 Å². The number of rotatable bonds is 8. The number of hydrogen-bond acceptors (Lipinski definition) is 4. The first-order chi connectivity index (χ1) is 15.7. The number of nitrogens with zero attached hydrogens (tertiary/aromatic N) is 1. The summed E-state index contributed by atoms with van der Waals surface area (Å²) in [5, 5.41) is 6.12. The fourth-order valence-corrected chi connectivity index (χ4v) is 5.54. The minimum atomic E-state index is -3.66. The quantitative estimate of drug-likeness (QED) is 0.523. The summed E-state index contributed by atoms with van der Waals surface area (Å²) in [7, 11) is -3.66. The van der Waals surface area contributed by atoms with Crippen molar-refractivity contribution < 1.29 is 18.0 Å². The minimum absolute atomic E-state index is 0.0698. The van der Waals surface area contributed by atoms with E-state index in [1.54, 1.807) is 42.5 Å². The number of carbonyl (C=O) groups is 2. The Kier molecular flexibility index (Phi) is 8.53. The van der Waals surface area contributed by atoms with Gasteiger partial charge in [0.05, 0.1) is 33.0 Å². The SMILES string of the molecule is C=CCNC(=O)c1ccccc1NC(=O)C1CCCN(S(=O)(=O)Cc2ccc(Cl)c(Cl)c2)C1. The van der Waals surface area contributed by atoms with Crippen LogP contribution < -0.4 is 10.6 Å². The van der Waals surface area contributed by atoms with Crippen molar-refractivity contribution in [1.29, 1.82) is 0 Å². The Morgan fingerprint density at radius 2 is 1.91 bits per heavy atom. The normalized spacial score (nSPS) is 16.7. The fraction of sp³-hybridized carbons (Fsp3) is 0.304. The second kappa shape index (κ2) is 11.2. The molecule has 1 heterocycles. The standard InChI is InChI=1S/C23H25Cl2N3O4S/c1-2-11-26-23(30)18-7-3-4-8-21(18)27-22(29)17-6-5-12-28(14-17)33(31,32)15-16-9-10-19(24)20(25)13-16/h2-4,7-10,13,17H,1,5-6,11-12,14-15H2,(H,26,30)(H,27,29). The molecule has 33 heavy (non-hydrogen) atoms. The molecule has 0 aromatic heterocycles. The maximum Gasteiger partial charge on any atom is 0.253 e. The van der Waals surface area contributed by atoms with E-state index in [4.69, 9.17) is 23.2 Å². The van der Waals surface area contributed by atoms with Crippen LogP contribution in [0.3, 0.4) is 0 Å². The Labute approximate surface area is 203 Å². The third-order valence-electron chi connectivity index (χ3n) is 5.32. The fourth-order valence-electron chi connectivity index (χ4n) is 3.63. The highest BCUT2D eigenvalue weighted by molar-refractivity contribution is 7.88. The summed E-state index contributed by atoms with van der Waals surface area (Å²) in [6.07, 6.45) is 2.67. The van der Waals surface area contributed by atoms with Crippen LogP contribution in [0.15, 0.2) is 55.1 Å². The van der Waals surface area contributed by atoms with E-state index in [0.29, 0.717) is 47.8 Å². The molecule has 2 aromatic carbocycles. The zero-order chi connectivity index (χ0) is 24.0. The van der Waals surface area contributed by atoms with Gasteiger partial charge in [0, 0.05) is 19.6 Å². The third kappa shape index (κ3) is 6.57. The van der Waals surface area contributed by atoms with Crippen molar-refractivity contribution in [3.05, 3.63) is 76.3 Å². The van der Waals surface area contributed by atoms with Crippen molar-refractivity contribution >= 4 is 50.7 Å². The zero-order valence-corrected chi connectivity index (χ0v) is 20.2. The van der Waals surface area contributed by atoms with E-state index in [0.717, 1.165) is 0 Å². The Balaban J connectivity index is 1.69. The Hall–Kier alpha value is -2.39. The lowest BCUT2D eigenvalue weighted by Gasteiger charge is -2.31. The van der Waals surface area contributed by atoms with E-state index in [9.17, 15) is 18.0 Å². The number of halogens is 2. The summed E-state index contributed by atoms with van der Waals surface area (Å²) in [4.78, 5) is 25.3. The van der Waals surface area contributed by atoms with Gasteiger partial charge >= 0.3 is 0 Å². The Morgan fingerprint density at radius 1 is 1.15 bits per heavy atom. The number of hydrogen-bond donors (Lipinski definition) is 2. The number of nitrogens with one attached hydrogen (secondary N) is 2. The number of carbonyl (C=O) groups excluding carboxylic acids is 2. The van der Waals surface area contributed by atoms with Crippen LogP contribution in [0.1, 0.15) is 28.8 Å². The van der Waals surface area contributed by atoms with Gasteiger partial charge in [-0.3, -0.25) is 9.59 Å². The van der Waals surface area contributed by atoms with E-state index in [1.165, 1.54) is 10.4 Å². The molecule has 1 aliphatic heterocycles. The van der Waals surface area contributed by atoms with Gasteiger partial charge in [0.2, 0.25) is 15.9 Å². The highest BCUT2D eigenvalue weighted by Gasteiger charge is 2.33. The molecule has 176 valence electrons. The van der Waals surface area contributed by atoms with Crippen molar-refractivity contribution in [3.63, 3.8) is 0 Å². The molecule has 1 fully saturated rings. The van der Waals surface area contributed by atoms with Crippen molar-refractivity contribution in [1.82, 2.24) is 9.62 Å². The molecule has 0 bridgehead atoms. The zero-order valence-electron chi connectivity index (χ0n) is 17.9. The first-order valence-electron chi connectivity index (χ1n) is 10.4. The Morgan fingerprint density at radius 3 is 2.64 bits per heavy atom. The number of benzene rings is 2. The largest absolute Gasteiger partial charge is 0.349 e. The van der Waals surface area contributed by atoms with E-state index in [1.807, 2.05) is 0 Å². The molecule has 1 aliphatic rings. The van der Waals surface area contributed by atoms with E-state index in [-0.39, 0.29) is 29.1 Å². The monoisotopic (exact) mass is 509 g/mol. The molecule has 0 saturated carbocycles. The Bertz CT molecular complexity index is 1150. The second-order valence-electron chi connectivity index (χ2n) is 7.74. The van der Waals surface area contributed by atoms with Crippen LogP contribution in [0.4, 0.5) is 5.69 Å². The van der Waals surface area contributed by atoms with Crippen molar-refractivity contribution in [2.45, 2.75) is 18.6 Å². The van der Waals surface area contributed by atoms with E-state index in [2.05, 4.69) is 17.2 Å². The lowest BCUT2D eigenvalue weighted by Crippen LogP contribution is -2.44. The molecule has 7 nitrogen and oxygen atoms in total. The van der Waals surface area contributed by atoms with Crippen LogP contribution in [-0.2, 0) is 20.6 Å². The molecule has 1 atom stereocenters. The van der Waals surface area contributed by atoms with Gasteiger partial charge in [-0.05, 0) is 42.7 Å². The molecular weight excluding hydrogens is 485 g/mol. The van der Waals surface area contributed by atoms with Gasteiger partial charge < -0.3 is 10.6 Å². The molecule has 0 spiro atoms. The van der Waals surface area contributed by atoms with Gasteiger partial charge in [0.15, 0.2) is 0 Å². The highest BCUT2D eigenvalue weighted by atomic mass is 35.5. The molecule has 10 heteroatoms. The summed E-state index contributed by atoms with van der Waals surface area (Å²) in [5.74, 6) is -1.43. The topological polar surface area (TPSA) is 95.6 Å². The van der Waals surface area contributed by atoms with Crippen molar-refractivity contribution in [2.75, 3.05) is 25.0 Å². The molecule has 2 aromatic rings. The molecule has 2 amide bonds. The smallest absolute Gasteiger partial charge is 0.253 e. The molecular formula is C23H25Cl2N3O4S. The minimum Gasteiger partial charge on any atom is -0.349 e. The van der Waals surface area contributed by atoms with Gasteiger partial charge in [0.25, 0.3) is 5.91 Å². The molecule has 2 N–H and O–H groups in total. The van der Waals surface area contributed by atoms with E-state index >= 15 is 0 Å². The number of amides is 2. The summed E-state index contributed by atoms with van der Waals surface area (Å²) < 4.78 is 27.3. The summed E-state index contributed by atoms with van der Waals surface area (Å²) in [6, 6.07) is 11.4.